The van der Waals surface area contributed by atoms with E-state index >= 15 is 0 Å². The molecule has 7 heteroatoms. The van der Waals surface area contributed by atoms with Crippen molar-refractivity contribution >= 4 is 28.5 Å². The van der Waals surface area contributed by atoms with Crippen LogP contribution in [0.1, 0.15) is 5.69 Å². The summed E-state index contributed by atoms with van der Waals surface area (Å²) in [6, 6.07) is 7.85. The number of nitrogens with two attached hydrogens (primary N) is 1. The fourth-order valence-corrected chi connectivity index (χ4v) is 2.03. The minimum absolute atomic E-state index is 0.0231. The van der Waals surface area contributed by atoms with Crippen LogP contribution in [0, 0.1) is 3.57 Å². The van der Waals surface area contributed by atoms with E-state index < -0.39 is 0 Å². The number of benzene rings is 1. The van der Waals surface area contributed by atoms with Crippen molar-refractivity contribution in [1.29, 1.82) is 0 Å². The zero-order valence-electron chi connectivity index (χ0n) is 9.51. The molecule has 1 aromatic carbocycles. The molecule has 2 rings (SSSR count). The molecule has 0 aliphatic rings. The minimum atomic E-state index is -0.209. The van der Waals surface area contributed by atoms with Crippen LogP contribution in [0.5, 0.6) is 0 Å². The maximum Gasteiger partial charge on any atom is 0.234 e. The number of rotatable bonds is 4. The normalized spacial score (nSPS) is 10.3. The van der Waals surface area contributed by atoms with Gasteiger partial charge in [-0.3, -0.25) is 4.79 Å². The maximum atomic E-state index is 11.0. The van der Waals surface area contributed by atoms with Gasteiger partial charge in [0, 0.05) is 3.57 Å². The molecule has 2 aromatic rings. The van der Waals surface area contributed by atoms with E-state index in [2.05, 4.69) is 38.2 Å². The van der Waals surface area contributed by atoms with E-state index in [1.165, 1.54) is 0 Å². The van der Waals surface area contributed by atoms with Gasteiger partial charge in [0.25, 0.3) is 0 Å². The van der Waals surface area contributed by atoms with E-state index in [4.69, 9.17) is 5.73 Å². The quantitative estimate of drug-likeness (QED) is 0.778. The third-order valence-electron chi connectivity index (χ3n) is 2.29. The highest BCUT2D eigenvalue weighted by atomic mass is 127. The summed E-state index contributed by atoms with van der Waals surface area (Å²) in [5, 5.41) is 10.7. The first-order valence-electron chi connectivity index (χ1n) is 5.33. The molecular weight excluding hydrogens is 345 g/mol. The first kappa shape index (κ1) is 13.0. The number of hydrogen-bond acceptors (Lipinski definition) is 4. The fourth-order valence-electron chi connectivity index (χ4n) is 1.40. The summed E-state index contributed by atoms with van der Waals surface area (Å²) in [5.74, 6) is -0.209. The van der Waals surface area contributed by atoms with Crippen molar-refractivity contribution in [3.63, 3.8) is 0 Å². The Morgan fingerprint density at radius 1 is 1.44 bits per heavy atom. The Kier molecular flexibility index (Phi) is 4.26. The Morgan fingerprint density at radius 3 is 2.94 bits per heavy atom. The van der Waals surface area contributed by atoms with Gasteiger partial charge in [0.2, 0.25) is 5.91 Å². The van der Waals surface area contributed by atoms with Crippen molar-refractivity contribution in [2.24, 2.45) is 5.73 Å². The maximum absolute atomic E-state index is 11.0. The fraction of sp³-hybridized carbons (Fsp3) is 0.182. The monoisotopic (exact) mass is 357 g/mol. The molecule has 1 aromatic heterocycles. The van der Waals surface area contributed by atoms with Gasteiger partial charge >= 0.3 is 0 Å². The van der Waals surface area contributed by atoms with E-state index in [1.807, 2.05) is 24.3 Å². The van der Waals surface area contributed by atoms with Crippen LogP contribution in [-0.2, 0) is 11.3 Å². The highest BCUT2D eigenvalue weighted by Gasteiger charge is 2.06. The lowest BCUT2D eigenvalue weighted by molar-refractivity contribution is -0.119. The van der Waals surface area contributed by atoms with Crippen molar-refractivity contribution in [3.8, 4) is 5.69 Å². The summed E-state index contributed by atoms with van der Waals surface area (Å²) in [7, 11) is 0. The average Bonchev–Trinajstić information content (AvgIpc) is 2.85. The van der Waals surface area contributed by atoms with Gasteiger partial charge in [0.1, 0.15) is 5.69 Å². The van der Waals surface area contributed by atoms with E-state index in [0.717, 1.165) is 9.26 Å². The lowest BCUT2D eigenvalue weighted by atomic mass is 10.3. The predicted molar refractivity (Wildman–Crippen MR) is 75.0 cm³/mol. The number of hydrogen-bond donors (Lipinski definition) is 2. The van der Waals surface area contributed by atoms with E-state index in [1.54, 1.807) is 10.9 Å². The van der Waals surface area contributed by atoms with Crippen molar-refractivity contribution in [2.75, 3.05) is 6.54 Å². The van der Waals surface area contributed by atoms with Gasteiger partial charge in [-0.2, -0.15) is 0 Å². The van der Waals surface area contributed by atoms with Gasteiger partial charge in [0.15, 0.2) is 0 Å². The second-order valence-electron chi connectivity index (χ2n) is 3.59. The third kappa shape index (κ3) is 3.05. The van der Waals surface area contributed by atoms with Crippen LogP contribution in [0.25, 0.3) is 5.69 Å². The first-order valence-corrected chi connectivity index (χ1v) is 6.41. The van der Waals surface area contributed by atoms with Gasteiger partial charge in [0.05, 0.1) is 25.0 Å². The number of halogens is 1. The van der Waals surface area contributed by atoms with Crippen LogP contribution in [-0.4, -0.2) is 27.4 Å². The molecule has 0 spiro atoms. The van der Waals surface area contributed by atoms with Gasteiger partial charge in [-0.25, -0.2) is 4.68 Å². The van der Waals surface area contributed by atoms with Crippen molar-refractivity contribution < 1.29 is 4.79 Å². The minimum Gasteiger partial charge on any atom is -0.349 e. The molecule has 0 saturated carbocycles. The molecule has 0 bridgehead atoms. The zero-order chi connectivity index (χ0) is 13.0. The van der Waals surface area contributed by atoms with E-state index in [0.29, 0.717) is 12.2 Å². The molecule has 94 valence electrons. The van der Waals surface area contributed by atoms with Crippen LogP contribution < -0.4 is 11.1 Å². The molecule has 18 heavy (non-hydrogen) atoms. The summed E-state index contributed by atoms with van der Waals surface area (Å²) in [6.07, 6.45) is 1.79. The topological polar surface area (TPSA) is 85.8 Å². The van der Waals surface area contributed by atoms with Crippen LogP contribution in [0.15, 0.2) is 30.5 Å². The molecule has 6 nitrogen and oxygen atoms in total. The average molecular weight is 357 g/mol. The SMILES string of the molecule is NCC(=O)NCc1cn(-c2ccccc2I)nn1. The second kappa shape index (κ2) is 5.91. The van der Waals surface area contributed by atoms with Gasteiger partial charge in [-0.1, -0.05) is 17.3 Å². The third-order valence-corrected chi connectivity index (χ3v) is 3.20. The predicted octanol–water partition coefficient (Wildman–Crippen LogP) is 0.447. The molecule has 1 heterocycles. The smallest absolute Gasteiger partial charge is 0.234 e. The number of carbonyl (C=O) groups excluding carboxylic acids is 1. The number of aromatic nitrogens is 3. The summed E-state index contributed by atoms with van der Waals surface area (Å²) in [5.41, 5.74) is 6.85. The van der Waals surface area contributed by atoms with Crippen LogP contribution in [0.4, 0.5) is 0 Å². The number of nitrogens with zero attached hydrogens (tertiary/aromatic N) is 3. The molecule has 0 saturated heterocycles. The molecule has 0 aliphatic heterocycles. The zero-order valence-corrected chi connectivity index (χ0v) is 11.7. The van der Waals surface area contributed by atoms with Crippen molar-refractivity contribution in [2.45, 2.75) is 6.54 Å². The Bertz CT molecular complexity index is 554. The molecular formula is C11H12IN5O. The van der Waals surface area contributed by atoms with Crippen LogP contribution >= 0.6 is 22.6 Å². The van der Waals surface area contributed by atoms with Crippen LogP contribution in [0.3, 0.4) is 0 Å². The molecule has 0 fully saturated rings. The molecule has 0 atom stereocenters. The van der Waals surface area contributed by atoms with Gasteiger partial charge < -0.3 is 11.1 Å². The van der Waals surface area contributed by atoms with Crippen molar-refractivity contribution in [3.05, 3.63) is 39.7 Å². The number of nitrogens with one attached hydrogen (secondary N) is 1. The Morgan fingerprint density at radius 2 is 2.22 bits per heavy atom. The van der Waals surface area contributed by atoms with E-state index in [-0.39, 0.29) is 12.5 Å². The van der Waals surface area contributed by atoms with Crippen LogP contribution in [0.2, 0.25) is 0 Å². The molecule has 3 N–H and O–H groups in total. The first-order chi connectivity index (χ1) is 8.70. The number of amides is 1. The Hall–Kier alpha value is -1.48. The molecule has 0 radical (unpaired) electrons. The summed E-state index contributed by atoms with van der Waals surface area (Å²) in [6.45, 7) is 0.310. The Labute approximate surface area is 118 Å². The van der Waals surface area contributed by atoms with E-state index in [9.17, 15) is 4.79 Å². The highest BCUT2D eigenvalue weighted by molar-refractivity contribution is 14.1. The lowest BCUT2D eigenvalue weighted by Crippen LogP contribution is -2.29. The summed E-state index contributed by atoms with van der Waals surface area (Å²) < 4.78 is 2.77. The number of carbonyl (C=O) groups is 1. The van der Waals surface area contributed by atoms with Gasteiger partial charge in [-0.15, -0.1) is 5.10 Å². The van der Waals surface area contributed by atoms with Gasteiger partial charge in [-0.05, 0) is 34.7 Å². The summed E-state index contributed by atoms with van der Waals surface area (Å²) in [4.78, 5) is 11.0. The largest absolute Gasteiger partial charge is 0.349 e. The standard InChI is InChI=1S/C11H12IN5O/c12-9-3-1-2-4-10(9)17-7-8(15-16-17)6-14-11(18)5-13/h1-4,7H,5-6,13H2,(H,14,18). The van der Waals surface area contributed by atoms with Crippen molar-refractivity contribution in [1.82, 2.24) is 20.3 Å². The lowest BCUT2D eigenvalue weighted by Gasteiger charge is -2.02. The number of para-hydroxylation sites is 1. The second-order valence-corrected chi connectivity index (χ2v) is 4.75. The molecule has 0 unspecified atom stereocenters. The molecule has 1 amide bonds. The highest BCUT2D eigenvalue weighted by Crippen LogP contribution is 2.15. The molecule has 0 aliphatic carbocycles. The summed E-state index contributed by atoms with van der Waals surface area (Å²) >= 11 is 2.24. The Balaban J connectivity index is 2.11.